The summed E-state index contributed by atoms with van der Waals surface area (Å²) >= 11 is 0. The van der Waals surface area contributed by atoms with Gasteiger partial charge in [-0.1, -0.05) is 19.4 Å². The third-order valence-corrected chi connectivity index (χ3v) is 8.30. The maximum Gasteiger partial charge on any atom is 0.296 e. The van der Waals surface area contributed by atoms with E-state index in [9.17, 15) is 30.8 Å². The van der Waals surface area contributed by atoms with Crippen LogP contribution in [0.4, 0.5) is 15.8 Å². The quantitative estimate of drug-likeness (QED) is 0.312. The number of aldehydes is 1. The Hall–Kier alpha value is -3.29. The summed E-state index contributed by atoms with van der Waals surface area (Å²) in [7, 11) is -8.35. The van der Waals surface area contributed by atoms with Crippen molar-refractivity contribution < 1.29 is 30.8 Å². The molecule has 0 fully saturated rings. The van der Waals surface area contributed by atoms with Gasteiger partial charge in [0.15, 0.2) is 5.78 Å². The summed E-state index contributed by atoms with van der Waals surface area (Å²) in [5.74, 6) is -1.20. The first-order valence-electron chi connectivity index (χ1n) is 11.1. The minimum atomic E-state index is -4.22. The first-order chi connectivity index (χ1) is 16.9. The van der Waals surface area contributed by atoms with Crippen LogP contribution in [0.2, 0.25) is 0 Å². The van der Waals surface area contributed by atoms with E-state index in [2.05, 4.69) is 10.0 Å². The van der Waals surface area contributed by atoms with E-state index in [1.165, 1.54) is 18.2 Å². The molecule has 5 N–H and O–H groups in total. The van der Waals surface area contributed by atoms with Crippen LogP contribution in [0, 0.1) is 5.82 Å². The lowest BCUT2D eigenvalue weighted by atomic mass is 9.63. The van der Waals surface area contributed by atoms with Gasteiger partial charge in [0.05, 0.1) is 11.4 Å². The molecule has 2 aliphatic rings. The number of benzene rings is 2. The van der Waals surface area contributed by atoms with E-state index >= 15 is 0 Å². The zero-order valence-corrected chi connectivity index (χ0v) is 20.9. The van der Waals surface area contributed by atoms with Gasteiger partial charge in [0.25, 0.3) is 20.2 Å². The molecule has 1 heterocycles. The Labute approximate surface area is 208 Å². The molecule has 2 aromatic carbocycles. The lowest BCUT2D eigenvalue weighted by molar-refractivity contribution is -0.108. The zero-order chi connectivity index (χ0) is 26.3. The van der Waals surface area contributed by atoms with Gasteiger partial charge in [-0.15, -0.1) is 0 Å². The number of hydrogen-bond donors (Lipinski definition) is 4. The second-order valence-electron chi connectivity index (χ2n) is 8.87. The molecule has 0 bridgehead atoms. The highest BCUT2D eigenvalue weighted by atomic mass is 32.2. The minimum absolute atomic E-state index is 0.0616. The molecule has 1 atom stereocenters. The van der Waals surface area contributed by atoms with E-state index in [1.807, 2.05) is 11.6 Å². The highest BCUT2D eigenvalue weighted by molar-refractivity contribution is 7.90. The number of Topliss-reactive ketones (excluding diaryl/α,β-unsaturated/α-hetero) is 1. The number of halogens is 1. The summed E-state index contributed by atoms with van der Waals surface area (Å²) < 4.78 is 67.4. The summed E-state index contributed by atoms with van der Waals surface area (Å²) in [6.07, 6.45) is 2.85. The normalized spacial score (nSPS) is 22.6. The maximum atomic E-state index is 14.2. The van der Waals surface area contributed by atoms with E-state index in [0.717, 1.165) is 18.4 Å². The molecule has 10 nitrogen and oxygen atoms in total. The molecule has 2 aromatic rings. The van der Waals surface area contributed by atoms with E-state index in [1.54, 1.807) is 6.07 Å². The van der Waals surface area contributed by atoms with E-state index in [4.69, 9.17) is 5.14 Å². The van der Waals surface area contributed by atoms with Crippen LogP contribution < -0.4 is 19.9 Å². The highest BCUT2D eigenvalue weighted by Crippen LogP contribution is 2.47. The third-order valence-electron chi connectivity index (χ3n) is 6.39. The van der Waals surface area contributed by atoms with Crippen LogP contribution in [0.1, 0.15) is 54.9 Å². The molecule has 1 aliphatic carbocycles. The number of carbonyl (C=O) groups is 2. The summed E-state index contributed by atoms with van der Waals surface area (Å²) in [5.41, 5.74) is 0.262. The average molecular weight is 537 g/mol. The number of carbonyl (C=O) groups excluding carboxylic acids is 2. The van der Waals surface area contributed by atoms with E-state index in [0.29, 0.717) is 24.8 Å². The fourth-order valence-electron chi connectivity index (χ4n) is 4.99. The summed E-state index contributed by atoms with van der Waals surface area (Å²) in [5, 5.41) is 7.89. The third kappa shape index (κ3) is 4.86. The summed E-state index contributed by atoms with van der Waals surface area (Å²) in [6.45, 7) is 1.96. The van der Waals surface area contributed by atoms with Crippen molar-refractivity contribution in [2.24, 2.45) is 5.14 Å². The molecule has 0 saturated heterocycles. The van der Waals surface area contributed by atoms with Gasteiger partial charge < -0.3 is 10.1 Å². The topological polar surface area (TPSA) is 165 Å². The molecular weight excluding hydrogens is 511 g/mol. The molecule has 36 heavy (non-hydrogen) atoms. The van der Waals surface area contributed by atoms with Crippen molar-refractivity contribution >= 4 is 43.7 Å². The van der Waals surface area contributed by atoms with Crippen LogP contribution in [-0.2, 0) is 30.4 Å². The molecule has 0 spiro atoms. The van der Waals surface area contributed by atoms with Gasteiger partial charge in [0, 0.05) is 23.0 Å². The minimum Gasteiger partial charge on any atom is -0.340 e. The van der Waals surface area contributed by atoms with Crippen LogP contribution in [0.15, 0.2) is 52.7 Å². The Balaban J connectivity index is 1.86. The number of nitrogens with one attached hydrogen (secondary N) is 3. The Kier molecular flexibility index (Phi) is 6.66. The van der Waals surface area contributed by atoms with E-state index < -0.39 is 37.2 Å². The second-order valence-corrected chi connectivity index (χ2v) is 11.8. The average Bonchev–Trinajstić information content (AvgIpc) is 2.79. The fourth-order valence-corrected chi connectivity index (χ4v) is 6.69. The molecule has 0 radical (unpaired) electrons. The van der Waals surface area contributed by atoms with Crippen molar-refractivity contribution in [2.75, 3.05) is 10.0 Å². The predicted molar refractivity (Wildman–Crippen MR) is 131 cm³/mol. The second kappa shape index (κ2) is 9.30. The Morgan fingerprint density at radius 2 is 1.94 bits per heavy atom. The van der Waals surface area contributed by atoms with Gasteiger partial charge in [-0.05, 0) is 55.2 Å². The Morgan fingerprint density at radius 3 is 2.61 bits per heavy atom. The van der Waals surface area contributed by atoms with E-state index in [-0.39, 0.29) is 46.1 Å². The zero-order valence-electron chi connectivity index (χ0n) is 19.3. The Bertz CT molecular complexity index is 1500. The van der Waals surface area contributed by atoms with Gasteiger partial charge in [-0.2, -0.15) is 8.42 Å². The molecule has 13 heteroatoms. The highest BCUT2D eigenvalue weighted by Gasteiger charge is 2.43. The molecule has 0 amide bonds. The number of anilines is 2. The van der Waals surface area contributed by atoms with Crippen molar-refractivity contribution in [1.29, 1.82) is 0 Å². The number of nitrogens with two attached hydrogens (primary N) is 1. The van der Waals surface area contributed by atoms with Crippen LogP contribution in [0.3, 0.4) is 0 Å². The van der Waals surface area contributed by atoms with Crippen molar-refractivity contribution in [3.05, 3.63) is 64.7 Å². The van der Waals surface area contributed by atoms with Gasteiger partial charge in [-0.25, -0.2) is 17.9 Å². The molecule has 0 saturated carbocycles. The van der Waals surface area contributed by atoms with Crippen molar-refractivity contribution in [3.63, 3.8) is 0 Å². The predicted octanol–water partition coefficient (Wildman–Crippen LogP) is 2.66. The van der Waals surface area contributed by atoms with Crippen LogP contribution in [0.25, 0.3) is 0 Å². The number of fused-ring (bicyclic) bond motifs is 2. The summed E-state index contributed by atoms with van der Waals surface area (Å²) in [6, 6.07) is 7.74. The van der Waals surface area contributed by atoms with Crippen LogP contribution >= 0.6 is 0 Å². The smallest absolute Gasteiger partial charge is 0.296 e. The van der Waals surface area contributed by atoms with Crippen molar-refractivity contribution in [1.82, 2.24) is 4.72 Å². The number of sulfonamides is 1. The number of allylic oxidation sites excluding steroid dienone is 1. The Morgan fingerprint density at radius 1 is 1.19 bits per heavy atom. The maximum absolute atomic E-state index is 14.2. The van der Waals surface area contributed by atoms with Crippen molar-refractivity contribution in [2.45, 2.75) is 49.3 Å². The largest absolute Gasteiger partial charge is 0.340 e. The fraction of sp³-hybridized carbons (Fsp3) is 0.304. The number of ketones is 1. The SMILES string of the molecule is CCCC1(CCC=O)C/C(=C2/Nc3ccc(NS(N)(=O)=O)cc3S(=O)(=O)N2)C(=O)c2cc(F)ccc21. The standard InChI is InChI=1S/C23H25FN4O6S2/c1-2-8-23(9-3-10-29)13-17(21(30)16-11-14(24)4-6-18(16)23)22-26-19-7-5-15(27-36(25,33)34)12-20(19)35(31,32)28-22/h4-7,10-12,26-28H,2-3,8-9,13H2,1H3,(H2,25,33,34)/b22-17+. The monoisotopic (exact) mass is 536 g/mol. The lowest BCUT2D eigenvalue weighted by Crippen LogP contribution is -2.40. The molecule has 1 unspecified atom stereocenters. The first kappa shape index (κ1) is 25.8. The molecule has 4 rings (SSSR count). The first-order valence-corrected chi connectivity index (χ1v) is 14.2. The summed E-state index contributed by atoms with van der Waals surface area (Å²) in [4.78, 5) is 24.5. The van der Waals surface area contributed by atoms with Gasteiger partial charge in [0.2, 0.25) is 0 Å². The van der Waals surface area contributed by atoms with Gasteiger partial charge in [-0.3, -0.25) is 14.2 Å². The van der Waals surface area contributed by atoms with Crippen molar-refractivity contribution in [3.8, 4) is 0 Å². The molecule has 192 valence electrons. The molecular formula is C23H25FN4O6S2. The number of rotatable bonds is 7. The number of hydrogen-bond acceptors (Lipinski definition) is 7. The van der Waals surface area contributed by atoms with Gasteiger partial charge in [0.1, 0.15) is 22.8 Å². The molecule has 1 aliphatic heterocycles. The van der Waals surface area contributed by atoms with Gasteiger partial charge >= 0.3 is 0 Å². The van der Waals surface area contributed by atoms with Crippen LogP contribution in [-0.4, -0.2) is 28.9 Å². The van der Waals surface area contributed by atoms with Crippen LogP contribution in [0.5, 0.6) is 0 Å². The lowest BCUT2D eigenvalue weighted by Gasteiger charge is -2.40. The molecule has 0 aromatic heterocycles.